The zero-order chi connectivity index (χ0) is 16.9. The number of nitrogens with zero attached hydrogens (tertiary/aromatic N) is 1. The number of rotatable bonds is 6. The molecule has 0 aliphatic heterocycles. The third-order valence-corrected chi connectivity index (χ3v) is 3.18. The van der Waals surface area contributed by atoms with Crippen LogP contribution in [0.15, 0.2) is 18.2 Å². The van der Waals surface area contributed by atoms with Crippen molar-refractivity contribution in [3.05, 3.63) is 23.2 Å². The number of hydrogen-bond acceptors (Lipinski definition) is 3. The molecule has 0 spiro atoms. The molecule has 1 aromatic rings. The number of ether oxygens (including phenoxy) is 1. The number of carbonyl (C=O) groups is 2. The Kier molecular flexibility index (Phi) is 6.49. The quantitative estimate of drug-likeness (QED) is 0.839. The first-order valence-electron chi connectivity index (χ1n) is 6.91. The van der Waals surface area contributed by atoms with Crippen molar-refractivity contribution in [3.8, 4) is 5.75 Å². The van der Waals surface area contributed by atoms with Gasteiger partial charge in [0.05, 0.1) is 22.7 Å². The van der Waals surface area contributed by atoms with Crippen molar-refractivity contribution in [1.29, 1.82) is 0 Å². The molecule has 2 amide bonds. The van der Waals surface area contributed by atoms with Gasteiger partial charge in [-0.1, -0.05) is 18.5 Å². The maximum atomic E-state index is 12.0. The number of aliphatic carboxylic acids is 1. The van der Waals surface area contributed by atoms with Crippen LogP contribution in [0.2, 0.25) is 5.02 Å². The minimum Gasteiger partial charge on any atom is -0.491 e. The van der Waals surface area contributed by atoms with Crippen LogP contribution in [0.5, 0.6) is 5.75 Å². The maximum absolute atomic E-state index is 12.0. The highest BCUT2D eigenvalue weighted by molar-refractivity contribution is 6.33. The third-order valence-electron chi connectivity index (χ3n) is 2.87. The predicted molar refractivity (Wildman–Crippen MR) is 85.7 cm³/mol. The van der Waals surface area contributed by atoms with Gasteiger partial charge in [-0.3, -0.25) is 4.79 Å². The van der Waals surface area contributed by atoms with Gasteiger partial charge < -0.3 is 20.1 Å². The zero-order valence-electron chi connectivity index (χ0n) is 13.1. The Morgan fingerprint density at radius 1 is 1.36 bits per heavy atom. The van der Waals surface area contributed by atoms with E-state index in [1.54, 1.807) is 18.2 Å². The molecular formula is C15H21ClN2O4. The van der Waals surface area contributed by atoms with Crippen molar-refractivity contribution in [3.63, 3.8) is 0 Å². The van der Waals surface area contributed by atoms with Gasteiger partial charge in [-0.05, 0) is 26.0 Å². The Balaban J connectivity index is 2.70. The number of halogens is 1. The largest absolute Gasteiger partial charge is 0.491 e. The summed E-state index contributed by atoms with van der Waals surface area (Å²) in [6.45, 7) is 5.45. The van der Waals surface area contributed by atoms with E-state index in [1.807, 2.05) is 13.8 Å². The second-order valence-corrected chi connectivity index (χ2v) is 5.77. The Labute approximate surface area is 135 Å². The van der Waals surface area contributed by atoms with Crippen LogP contribution < -0.4 is 10.1 Å². The van der Waals surface area contributed by atoms with E-state index in [4.69, 9.17) is 21.4 Å². The zero-order valence-corrected chi connectivity index (χ0v) is 13.8. The van der Waals surface area contributed by atoms with Gasteiger partial charge in [0, 0.05) is 19.7 Å². The summed E-state index contributed by atoms with van der Waals surface area (Å²) in [7, 11) is 1.53. The number of hydrogen-bond donors (Lipinski definition) is 2. The molecule has 0 aromatic heterocycles. The molecule has 0 aliphatic rings. The lowest BCUT2D eigenvalue weighted by Gasteiger charge is -2.20. The number of carboxylic acids is 1. The molecule has 7 heteroatoms. The van der Waals surface area contributed by atoms with Crippen LogP contribution in [0, 0.1) is 5.92 Å². The van der Waals surface area contributed by atoms with Gasteiger partial charge in [-0.2, -0.15) is 0 Å². The topological polar surface area (TPSA) is 78.9 Å². The van der Waals surface area contributed by atoms with E-state index in [9.17, 15) is 9.59 Å². The lowest BCUT2D eigenvalue weighted by Crippen LogP contribution is -2.36. The van der Waals surface area contributed by atoms with E-state index in [1.165, 1.54) is 18.9 Å². The number of benzene rings is 1. The van der Waals surface area contributed by atoms with Crippen LogP contribution in [0.4, 0.5) is 10.5 Å². The van der Waals surface area contributed by atoms with Crippen LogP contribution in [0.1, 0.15) is 20.8 Å². The summed E-state index contributed by atoms with van der Waals surface area (Å²) in [4.78, 5) is 24.1. The van der Waals surface area contributed by atoms with Crippen LogP contribution in [0.3, 0.4) is 0 Å². The Bertz CT molecular complexity index is 548. The molecule has 1 aromatic carbocycles. The summed E-state index contributed by atoms with van der Waals surface area (Å²) < 4.78 is 5.51. The molecule has 6 nitrogen and oxygen atoms in total. The summed E-state index contributed by atoms with van der Waals surface area (Å²) in [6.07, 6.45) is 0.0279. The van der Waals surface area contributed by atoms with Crippen molar-refractivity contribution in [1.82, 2.24) is 4.90 Å². The summed E-state index contributed by atoms with van der Waals surface area (Å²) in [5.74, 6) is -0.980. The molecule has 0 aliphatic carbocycles. The van der Waals surface area contributed by atoms with Crippen molar-refractivity contribution in [2.75, 3.05) is 18.9 Å². The van der Waals surface area contributed by atoms with Gasteiger partial charge >= 0.3 is 12.0 Å². The summed E-state index contributed by atoms with van der Waals surface area (Å²) in [6, 6.07) is 4.55. The fraction of sp³-hybridized carbons (Fsp3) is 0.467. The molecule has 2 N–H and O–H groups in total. The highest BCUT2D eigenvalue weighted by atomic mass is 35.5. The predicted octanol–water partition coefficient (Wildman–Crippen LogP) is 3.31. The SMILES string of the molecule is CC(C)Oc1ccc(NC(=O)N(C)CC(C)C(=O)O)c(Cl)c1. The van der Waals surface area contributed by atoms with Gasteiger partial charge in [0.2, 0.25) is 0 Å². The minimum atomic E-state index is -0.951. The first kappa shape index (κ1) is 18.1. The molecule has 122 valence electrons. The maximum Gasteiger partial charge on any atom is 0.321 e. The molecule has 0 radical (unpaired) electrons. The second kappa shape index (κ2) is 7.89. The smallest absolute Gasteiger partial charge is 0.321 e. The fourth-order valence-electron chi connectivity index (χ4n) is 1.73. The van der Waals surface area contributed by atoms with Crippen molar-refractivity contribution < 1.29 is 19.4 Å². The van der Waals surface area contributed by atoms with Gasteiger partial charge in [-0.25, -0.2) is 4.79 Å². The molecule has 0 heterocycles. The molecule has 1 rings (SSSR count). The summed E-state index contributed by atoms with van der Waals surface area (Å²) in [5, 5.41) is 11.8. The van der Waals surface area contributed by atoms with Crippen LogP contribution in [-0.2, 0) is 4.79 Å². The van der Waals surface area contributed by atoms with Gasteiger partial charge in [0.1, 0.15) is 5.75 Å². The number of anilines is 1. The monoisotopic (exact) mass is 328 g/mol. The molecule has 0 fully saturated rings. The number of carbonyl (C=O) groups excluding carboxylic acids is 1. The van der Waals surface area contributed by atoms with Gasteiger partial charge in [-0.15, -0.1) is 0 Å². The van der Waals surface area contributed by atoms with E-state index >= 15 is 0 Å². The van der Waals surface area contributed by atoms with Crippen LogP contribution in [0.25, 0.3) is 0 Å². The number of carboxylic acid groups (broad SMARTS) is 1. The van der Waals surface area contributed by atoms with Crippen molar-refractivity contribution in [2.24, 2.45) is 5.92 Å². The first-order valence-corrected chi connectivity index (χ1v) is 7.29. The first-order chi connectivity index (χ1) is 10.2. The normalized spacial score (nSPS) is 11.9. The van der Waals surface area contributed by atoms with E-state index in [0.717, 1.165) is 0 Å². The molecule has 1 unspecified atom stereocenters. The molecule has 0 saturated heterocycles. The summed E-state index contributed by atoms with van der Waals surface area (Å²) in [5.41, 5.74) is 0.442. The highest BCUT2D eigenvalue weighted by Crippen LogP contribution is 2.27. The van der Waals surface area contributed by atoms with E-state index < -0.39 is 17.9 Å². The van der Waals surface area contributed by atoms with Gasteiger partial charge in [0.25, 0.3) is 0 Å². The number of urea groups is 1. The third kappa shape index (κ3) is 5.44. The van der Waals surface area contributed by atoms with Crippen LogP contribution in [-0.4, -0.2) is 41.7 Å². The standard InChI is InChI=1S/C15H21ClN2O4/c1-9(2)22-11-5-6-13(12(16)7-11)17-15(21)18(4)8-10(3)14(19)20/h5-7,9-10H,8H2,1-4H3,(H,17,21)(H,19,20). The Hall–Kier alpha value is -1.95. The molecule has 0 saturated carbocycles. The number of nitrogens with one attached hydrogen (secondary N) is 1. The minimum absolute atomic E-state index is 0.0279. The van der Waals surface area contributed by atoms with E-state index in [0.29, 0.717) is 16.5 Å². The molecular weight excluding hydrogens is 308 g/mol. The number of amides is 2. The van der Waals surface area contributed by atoms with Gasteiger partial charge in [0.15, 0.2) is 0 Å². The van der Waals surface area contributed by atoms with Crippen molar-refractivity contribution >= 4 is 29.3 Å². The van der Waals surface area contributed by atoms with Crippen LogP contribution >= 0.6 is 11.6 Å². The fourth-order valence-corrected chi connectivity index (χ4v) is 1.94. The van der Waals surface area contributed by atoms with Crippen molar-refractivity contribution in [2.45, 2.75) is 26.9 Å². The second-order valence-electron chi connectivity index (χ2n) is 5.36. The summed E-state index contributed by atoms with van der Waals surface area (Å²) >= 11 is 6.11. The Morgan fingerprint density at radius 3 is 2.50 bits per heavy atom. The average Bonchev–Trinajstić information content (AvgIpc) is 2.40. The molecule has 1 atom stereocenters. The Morgan fingerprint density at radius 2 is 2.00 bits per heavy atom. The highest BCUT2D eigenvalue weighted by Gasteiger charge is 2.18. The lowest BCUT2D eigenvalue weighted by atomic mass is 10.2. The molecule has 0 bridgehead atoms. The lowest BCUT2D eigenvalue weighted by molar-refractivity contribution is -0.141. The average molecular weight is 329 g/mol. The van der Waals surface area contributed by atoms with E-state index in [2.05, 4.69) is 5.32 Å². The molecule has 22 heavy (non-hydrogen) atoms. The van der Waals surface area contributed by atoms with E-state index in [-0.39, 0.29) is 12.6 Å².